The van der Waals surface area contributed by atoms with E-state index in [9.17, 15) is 4.79 Å². The Hall–Kier alpha value is -1.04. The lowest BCUT2D eigenvalue weighted by Crippen LogP contribution is -2.34. The van der Waals surface area contributed by atoms with E-state index in [1.54, 1.807) is 4.90 Å². The zero-order valence-electron chi connectivity index (χ0n) is 7.70. The van der Waals surface area contributed by atoms with Gasteiger partial charge < -0.3 is 4.90 Å². The summed E-state index contributed by atoms with van der Waals surface area (Å²) in [5, 5.41) is 8.79. The van der Waals surface area contributed by atoms with Gasteiger partial charge in [0.2, 0.25) is 5.91 Å². The van der Waals surface area contributed by atoms with Crippen molar-refractivity contribution < 1.29 is 4.79 Å². The zero-order chi connectivity index (χ0) is 9.26. The van der Waals surface area contributed by atoms with Crippen molar-refractivity contribution in [3.8, 4) is 6.07 Å². The van der Waals surface area contributed by atoms with Crippen LogP contribution in [0.3, 0.4) is 0 Å². The Labute approximate surface area is 78.3 Å². The fourth-order valence-corrected chi connectivity index (χ4v) is 1.89. The highest BCUT2D eigenvalue weighted by Crippen LogP contribution is 2.33. The molecule has 1 saturated heterocycles. The number of likely N-dealkylation sites (tertiary alicyclic amines) is 1. The lowest BCUT2D eigenvalue weighted by Gasteiger charge is -2.19. The highest BCUT2D eigenvalue weighted by molar-refractivity contribution is 5.77. The second kappa shape index (κ2) is 3.37. The number of carbonyl (C=O) groups is 1. The molecule has 0 aromatic heterocycles. The summed E-state index contributed by atoms with van der Waals surface area (Å²) in [6.07, 6.45) is 4.95. The minimum Gasteiger partial charge on any atom is -0.327 e. The molecule has 0 aromatic rings. The van der Waals surface area contributed by atoms with Gasteiger partial charge >= 0.3 is 0 Å². The number of rotatable bonds is 2. The third kappa shape index (κ3) is 1.82. The average Bonchev–Trinajstić information content (AvgIpc) is 2.82. The largest absolute Gasteiger partial charge is 0.327 e. The van der Waals surface area contributed by atoms with Gasteiger partial charge in [0.1, 0.15) is 6.04 Å². The van der Waals surface area contributed by atoms with Gasteiger partial charge in [0.25, 0.3) is 0 Å². The first-order valence-electron chi connectivity index (χ1n) is 5.00. The van der Waals surface area contributed by atoms with Crippen LogP contribution in [0.2, 0.25) is 0 Å². The van der Waals surface area contributed by atoms with Gasteiger partial charge in [-0.1, -0.05) is 0 Å². The van der Waals surface area contributed by atoms with Gasteiger partial charge in [-0.3, -0.25) is 4.79 Å². The van der Waals surface area contributed by atoms with Gasteiger partial charge in [-0.25, -0.2) is 0 Å². The Morgan fingerprint density at radius 1 is 1.46 bits per heavy atom. The molecule has 0 N–H and O–H groups in total. The van der Waals surface area contributed by atoms with Crippen LogP contribution in [0.1, 0.15) is 32.1 Å². The summed E-state index contributed by atoms with van der Waals surface area (Å²) in [6, 6.07) is 2.06. The summed E-state index contributed by atoms with van der Waals surface area (Å²) in [7, 11) is 0. The maximum atomic E-state index is 11.6. The standard InChI is InChI=1S/C10H14N2O/c11-7-9-2-1-5-12(9)10(13)6-8-3-4-8/h8-9H,1-6H2. The van der Waals surface area contributed by atoms with Crippen LogP contribution in [0.15, 0.2) is 0 Å². The van der Waals surface area contributed by atoms with Crippen molar-refractivity contribution in [2.24, 2.45) is 5.92 Å². The fraction of sp³-hybridized carbons (Fsp3) is 0.800. The number of nitriles is 1. The second-order valence-electron chi connectivity index (χ2n) is 4.02. The molecule has 1 aliphatic heterocycles. The lowest BCUT2D eigenvalue weighted by molar-refractivity contribution is -0.131. The number of hydrogen-bond donors (Lipinski definition) is 0. The van der Waals surface area contributed by atoms with Crippen molar-refractivity contribution in [1.82, 2.24) is 4.90 Å². The van der Waals surface area contributed by atoms with Gasteiger partial charge in [0.05, 0.1) is 6.07 Å². The molecule has 0 radical (unpaired) electrons. The summed E-state index contributed by atoms with van der Waals surface area (Å²) in [5.41, 5.74) is 0. The van der Waals surface area contributed by atoms with Crippen molar-refractivity contribution in [3.05, 3.63) is 0 Å². The van der Waals surface area contributed by atoms with E-state index < -0.39 is 0 Å². The van der Waals surface area contributed by atoms with Crippen LogP contribution >= 0.6 is 0 Å². The summed E-state index contributed by atoms with van der Waals surface area (Å²) < 4.78 is 0. The summed E-state index contributed by atoms with van der Waals surface area (Å²) in [4.78, 5) is 13.4. The Morgan fingerprint density at radius 3 is 2.85 bits per heavy atom. The third-order valence-electron chi connectivity index (χ3n) is 2.88. The van der Waals surface area contributed by atoms with Gasteiger partial charge in [-0.15, -0.1) is 0 Å². The smallest absolute Gasteiger partial charge is 0.223 e. The summed E-state index contributed by atoms with van der Waals surface area (Å²) in [5.74, 6) is 0.832. The molecule has 1 amide bonds. The van der Waals surface area contributed by atoms with Crippen LogP contribution in [-0.4, -0.2) is 23.4 Å². The molecule has 1 heterocycles. The van der Waals surface area contributed by atoms with E-state index in [0.29, 0.717) is 12.3 Å². The third-order valence-corrected chi connectivity index (χ3v) is 2.88. The van der Waals surface area contributed by atoms with Crippen molar-refractivity contribution >= 4 is 5.91 Å². The summed E-state index contributed by atoms with van der Waals surface area (Å²) in [6.45, 7) is 0.795. The van der Waals surface area contributed by atoms with E-state index in [-0.39, 0.29) is 11.9 Å². The Morgan fingerprint density at radius 2 is 2.23 bits per heavy atom. The molecule has 0 aromatic carbocycles. The zero-order valence-corrected chi connectivity index (χ0v) is 7.70. The van der Waals surface area contributed by atoms with Crippen molar-refractivity contribution in [2.75, 3.05) is 6.54 Å². The average molecular weight is 178 g/mol. The normalized spacial score (nSPS) is 27.3. The maximum absolute atomic E-state index is 11.6. The molecular weight excluding hydrogens is 164 g/mol. The van der Waals surface area contributed by atoms with Crippen molar-refractivity contribution in [1.29, 1.82) is 5.26 Å². The van der Waals surface area contributed by atoms with E-state index in [0.717, 1.165) is 19.4 Å². The van der Waals surface area contributed by atoms with Crippen LogP contribution in [-0.2, 0) is 4.79 Å². The van der Waals surface area contributed by atoms with Crippen molar-refractivity contribution in [3.63, 3.8) is 0 Å². The predicted octanol–water partition coefficient (Wildman–Crippen LogP) is 1.30. The highest BCUT2D eigenvalue weighted by Gasteiger charge is 2.32. The highest BCUT2D eigenvalue weighted by atomic mass is 16.2. The van der Waals surface area contributed by atoms with Crippen LogP contribution in [0.5, 0.6) is 0 Å². The Kier molecular flexibility index (Phi) is 2.22. The Bertz CT molecular complexity index is 252. The van der Waals surface area contributed by atoms with Crippen molar-refractivity contribution in [2.45, 2.75) is 38.1 Å². The number of amides is 1. The quantitative estimate of drug-likeness (QED) is 0.639. The first-order valence-corrected chi connectivity index (χ1v) is 5.00. The molecule has 1 atom stereocenters. The minimum atomic E-state index is -0.133. The van der Waals surface area contributed by atoms with E-state index in [2.05, 4.69) is 6.07 Å². The second-order valence-corrected chi connectivity index (χ2v) is 4.02. The number of nitrogens with zero attached hydrogens (tertiary/aromatic N) is 2. The van der Waals surface area contributed by atoms with Crippen LogP contribution in [0.4, 0.5) is 0 Å². The van der Waals surface area contributed by atoms with Crippen LogP contribution in [0, 0.1) is 17.2 Å². The van der Waals surface area contributed by atoms with E-state index >= 15 is 0 Å². The molecule has 13 heavy (non-hydrogen) atoms. The van der Waals surface area contributed by atoms with Gasteiger partial charge in [-0.2, -0.15) is 5.26 Å². The molecule has 2 rings (SSSR count). The Balaban J connectivity index is 1.90. The minimum absolute atomic E-state index is 0.133. The number of hydrogen-bond acceptors (Lipinski definition) is 2. The molecule has 3 nitrogen and oxygen atoms in total. The molecule has 0 bridgehead atoms. The van der Waals surface area contributed by atoms with Gasteiger partial charge in [0, 0.05) is 13.0 Å². The molecular formula is C10H14N2O. The van der Waals surface area contributed by atoms with E-state index in [1.807, 2.05) is 0 Å². The monoisotopic (exact) mass is 178 g/mol. The fourth-order valence-electron chi connectivity index (χ4n) is 1.89. The molecule has 0 spiro atoms. The predicted molar refractivity (Wildman–Crippen MR) is 47.7 cm³/mol. The topological polar surface area (TPSA) is 44.1 Å². The first kappa shape index (κ1) is 8.55. The molecule has 3 heteroatoms. The van der Waals surface area contributed by atoms with E-state index in [1.165, 1.54) is 12.8 Å². The SMILES string of the molecule is N#CC1CCCN1C(=O)CC1CC1. The van der Waals surface area contributed by atoms with E-state index in [4.69, 9.17) is 5.26 Å². The van der Waals surface area contributed by atoms with Crippen LogP contribution in [0.25, 0.3) is 0 Å². The molecule has 1 aliphatic carbocycles. The molecule has 70 valence electrons. The first-order chi connectivity index (χ1) is 6.31. The van der Waals surface area contributed by atoms with Gasteiger partial charge in [-0.05, 0) is 31.6 Å². The lowest BCUT2D eigenvalue weighted by atomic mass is 10.2. The molecule has 1 saturated carbocycles. The summed E-state index contributed by atoms with van der Waals surface area (Å²) >= 11 is 0. The molecule has 1 unspecified atom stereocenters. The number of carbonyl (C=O) groups excluding carboxylic acids is 1. The maximum Gasteiger partial charge on any atom is 0.223 e. The van der Waals surface area contributed by atoms with Gasteiger partial charge in [0.15, 0.2) is 0 Å². The molecule has 2 fully saturated rings. The molecule has 2 aliphatic rings. The van der Waals surface area contributed by atoms with Crippen LogP contribution < -0.4 is 0 Å².